The van der Waals surface area contributed by atoms with Gasteiger partial charge in [0.1, 0.15) is 6.54 Å². The molecule has 1 N–H and O–H groups in total. The lowest BCUT2D eigenvalue weighted by molar-refractivity contribution is -0.119. The molecule has 0 heterocycles. The molecule has 0 bridgehead atoms. The Morgan fingerprint density at radius 3 is 2.29 bits per heavy atom. The molecule has 0 aliphatic heterocycles. The van der Waals surface area contributed by atoms with Crippen molar-refractivity contribution in [2.75, 3.05) is 31.6 Å². The fourth-order valence-corrected chi connectivity index (χ4v) is 5.07. The van der Waals surface area contributed by atoms with Crippen LogP contribution in [-0.2, 0) is 21.2 Å². The standard InChI is InChI=1S/C26H30N2O5S/c1-19-10-11-20(2)23(16-19)28(34(30,31)22-8-6-5-7-9-22)18-26(29)27-15-14-21-12-13-24(32-3)25(17-21)33-4/h5-13,16-17H,14-15,18H2,1-4H3,(H,27,29). The molecule has 3 aromatic carbocycles. The second kappa shape index (κ2) is 11.1. The molecule has 34 heavy (non-hydrogen) atoms. The number of carbonyl (C=O) groups is 1. The first-order chi connectivity index (χ1) is 16.3. The molecule has 3 aromatic rings. The van der Waals surface area contributed by atoms with E-state index in [1.807, 2.05) is 44.2 Å². The predicted molar refractivity (Wildman–Crippen MR) is 133 cm³/mol. The van der Waals surface area contributed by atoms with Crippen molar-refractivity contribution in [1.82, 2.24) is 5.32 Å². The predicted octanol–water partition coefficient (Wildman–Crippen LogP) is 3.87. The van der Waals surface area contributed by atoms with Gasteiger partial charge in [0.25, 0.3) is 10.0 Å². The van der Waals surface area contributed by atoms with E-state index in [4.69, 9.17) is 9.47 Å². The number of methoxy groups -OCH3 is 2. The van der Waals surface area contributed by atoms with Gasteiger partial charge in [-0.15, -0.1) is 0 Å². The van der Waals surface area contributed by atoms with Crippen molar-refractivity contribution in [3.8, 4) is 11.5 Å². The zero-order chi connectivity index (χ0) is 24.7. The Morgan fingerprint density at radius 1 is 0.912 bits per heavy atom. The summed E-state index contributed by atoms with van der Waals surface area (Å²) in [6, 6.07) is 19.3. The number of benzene rings is 3. The average molecular weight is 483 g/mol. The summed E-state index contributed by atoms with van der Waals surface area (Å²) in [5.74, 6) is 0.854. The number of aryl methyl sites for hydroxylation is 2. The topological polar surface area (TPSA) is 84.9 Å². The van der Waals surface area contributed by atoms with Crippen LogP contribution in [0.1, 0.15) is 16.7 Å². The lowest BCUT2D eigenvalue weighted by atomic mass is 10.1. The van der Waals surface area contributed by atoms with Gasteiger partial charge in [-0.1, -0.05) is 36.4 Å². The quantitative estimate of drug-likeness (QED) is 0.474. The molecule has 0 spiro atoms. The first-order valence-electron chi connectivity index (χ1n) is 10.9. The SMILES string of the molecule is COc1ccc(CCNC(=O)CN(c2cc(C)ccc2C)S(=O)(=O)c2ccccc2)cc1OC. The fraction of sp³-hybridized carbons (Fsp3) is 0.269. The molecule has 0 radical (unpaired) electrons. The van der Waals surface area contributed by atoms with Crippen LogP contribution in [0, 0.1) is 13.8 Å². The summed E-state index contributed by atoms with van der Waals surface area (Å²) in [6.45, 7) is 3.74. The lowest BCUT2D eigenvalue weighted by Gasteiger charge is -2.26. The molecule has 0 unspecified atom stereocenters. The van der Waals surface area contributed by atoms with Crippen LogP contribution in [0.25, 0.3) is 0 Å². The van der Waals surface area contributed by atoms with Gasteiger partial charge in [0.15, 0.2) is 11.5 Å². The minimum absolute atomic E-state index is 0.133. The van der Waals surface area contributed by atoms with E-state index in [1.54, 1.807) is 38.5 Å². The zero-order valence-corrected chi connectivity index (χ0v) is 20.7. The smallest absolute Gasteiger partial charge is 0.264 e. The monoisotopic (exact) mass is 482 g/mol. The number of carbonyl (C=O) groups excluding carboxylic acids is 1. The molecule has 0 aliphatic rings. The largest absolute Gasteiger partial charge is 0.493 e. The Hall–Kier alpha value is -3.52. The molecule has 180 valence electrons. The summed E-state index contributed by atoms with van der Waals surface area (Å²) in [7, 11) is -0.800. The van der Waals surface area contributed by atoms with Crippen LogP contribution in [-0.4, -0.2) is 41.6 Å². The van der Waals surface area contributed by atoms with Crippen LogP contribution < -0.4 is 19.1 Å². The molecule has 0 fully saturated rings. The van der Waals surface area contributed by atoms with Crippen molar-refractivity contribution in [3.05, 3.63) is 83.4 Å². The van der Waals surface area contributed by atoms with E-state index in [9.17, 15) is 13.2 Å². The van der Waals surface area contributed by atoms with Crippen molar-refractivity contribution in [3.63, 3.8) is 0 Å². The first-order valence-corrected chi connectivity index (χ1v) is 12.3. The number of nitrogens with one attached hydrogen (secondary N) is 1. The summed E-state index contributed by atoms with van der Waals surface area (Å²) in [5, 5.41) is 2.84. The van der Waals surface area contributed by atoms with Gasteiger partial charge in [-0.2, -0.15) is 0 Å². The number of rotatable bonds is 10. The third-order valence-corrected chi connectivity index (χ3v) is 7.21. The number of anilines is 1. The van der Waals surface area contributed by atoms with Gasteiger partial charge < -0.3 is 14.8 Å². The van der Waals surface area contributed by atoms with E-state index in [0.717, 1.165) is 16.7 Å². The van der Waals surface area contributed by atoms with Crippen LogP contribution in [0.4, 0.5) is 5.69 Å². The van der Waals surface area contributed by atoms with Crippen LogP contribution in [0.5, 0.6) is 11.5 Å². The van der Waals surface area contributed by atoms with E-state index < -0.39 is 10.0 Å². The van der Waals surface area contributed by atoms with Crippen LogP contribution in [0.3, 0.4) is 0 Å². The van der Waals surface area contributed by atoms with Gasteiger partial charge in [0.05, 0.1) is 24.8 Å². The highest BCUT2D eigenvalue weighted by Gasteiger charge is 2.28. The van der Waals surface area contributed by atoms with Gasteiger partial charge >= 0.3 is 0 Å². The highest BCUT2D eigenvalue weighted by atomic mass is 32.2. The van der Waals surface area contributed by atoms with Crippen LogP contribution in [0.15, 0.2) is 71.6 Å². The van der Waals surface area contributed by atoms with Gasteiger partial charge in [-0.05, 0) is 67.3 Å². The highest BCUT2D eigenvalue weighted by molar-refractivity contribution is 7.92. The summed E-state index contributed by atoms with van der Waals surface area (Å²) in [6.07, 6.45) is 0.557. The maximum atomic E-state index is 13.5. The Morgan fingerprint density at radius 2 is 1.62 bits per heavy atom. The van der Waals surface area contributed by atoms with Crippen molar-refractivity contribution in [1.29, 1.82) is 0 Å². The molecule has 0 aliphatic carbocycles. The highest BCUT2D eigenvalue weighted by Crippen LogP contribution is 2.29. The van der Waals surface area contributed by atoms with E-state index in [0.29, 0.717) is 30.2 Å². The number of hydrogen-bond donors (Lipinski definition) is 1. The van der Waals surface area contributed by atoms with Crippen molar-refractivity contribution >= 4 is 21.6 Å². The van der Waals surface area contributed by atoms with Crippen molar-refractivity contribution in [2.24, 2.45) is 0 Å². The van der Waals surface area contributed by atoms with Gasteiger partial charge in [-0.25, -0.2) is 8.42 Å². The average Bonchev–Trinajstić information content (AvgIpc) is 2.84. The number of amides is 1. The van der Waals surface area contributed by atoms with Crippen LogP contribution in [0.2, 0.25) is 0 Å². The maximum absolute atomic E-state index is 13.5. The normalized spacial score (nSPS) is 11.1. The van der Waals surface area contributed by atoms with Crippen molar-refractivity contribution < 1.29 is 22.7 Å². The number of hydrogen-bond acceptors (Lipinski definition) is 5. The van der Waals surface area contributed by atoms with E-state index >= 15 is 0 Å². The molecule has 7 nitrogen and oxygen atoms in total. The minimum Gasteiger partial charge on any atom is -0.493 e. The molecular formula is C26H30N2O5S. The van der Waals surface area contributed by atoms with Crippen LogP contribution >= 0.6 is 0 Å². The Balaban J connectivity index is 1.77. The second-order valence-electron chi connectivity index (χ2n) is 7.90. The third kappa shape index (κ3) is 5.88. The zero-order valence-electron chi connectivity index (χ0n) is 19.9. The lowest BCUT2D eigenvalue weighted by Crippen LogP contribution is -2.41. The molecular weight excluding hydrogens is 452 g/mol. The molecule has 0 aromatic heterocycles. The fourth-order valence-electron chi connectivity index (χ4n) is 3.58. The maximum Gasteiger partial charge on any atom is 0.264 e. The Labute approximate surface area is 201 Å². The summed E-state index contributed by atoms with van der Waals surface area (Å²) in [4.78, 5) is 13.0. The van der Waals surface area contributed by atoms with Gasteiger partial charge in [-0.3, -0.25) is 9.10 Å². The van der Waals surface area contributed by atoms with Gasteiger partial charge in [0.2, 0.25) is 5.91 Å². The molecule has 1 amide bonds. The second-order valence-corrected chi connectivity index (χ2v) is 9.77. The van der Waals surface area contributed by atoms with Gasteiger partial charge in [0, 0.05) is 6.54 Å². The molecule has 3 rings (SSSR count). The summed E-state index contributed by atoms with van der Waals surface area (Å²) in [5.41, 5.74) is 3.12. The number of sulfonamides is 1. The molecule has 0 saturated heterocycles. The third-order valence-electron chi connectivity index (χ3n) is 5.44. The van der Waals surface area contributed by atoms with E-state index in [-0.39, 0.29) is 17.3 Å². The number of nitrogens with zero attached hydrogens (tertiary/aromatic N) is 1. The van der Waals surface area contributed by atoms with E-state index in [1.165, 1.54) is 16.4 Å². The molecule has 0 atom stereocenters. The molecule has 8 heteroatoms. The number of ether oxygens (including phenoxy) is 2. The summed E-state index contributed by atoms with van der Waals surface area (Å²) < 4.78 is 38.7. The van der Waals surface area contributed by atoms with E-state index in [2.05, 4.69) is 5.32 Å². The first kappa shape index (κ1) is 25.1. The Kier molecular flexibility index (Phi) is 8.17. The summed E-state index contributed by atoms with van der Waals surface area (Å²) >= 11 is 0. The Bertz CT molecular complexity index is 1240. The van der Waals surface area contributed by atoms with Crippen molar-refractivity contribution in [2.45, 2.75) is 25.2 Å². The minimum atomic E-state index is -3.94. The molecule has 0 saturated carbocycles.